The second-order valence-corrected chi connectivity index (χ2v) is 5.36. The topological polar surface area (TPSA) is 101 Å². The molecular weight excluding hydrogens is 268 g/mol. The minimum absolute atomic E-state index is 0.131. The van der Waals surface area contributed by atoms with Crippen molar-refractivity contribution in [1.29, 1.82) is 0 Å². The molecule has 0 spiro atoms. The first-order chi connectivity index (χ1) is 9.86. The molecule has 0 aliphatic carbocycles. The summed E-state index contributed by atoms with van der Waals surface area (Å²) in [4.78, 5) is 22.4. The van der Waals surface area contributed by atoms with E-state index in [0.717, 1.165) is 11.5 Å². The van der Waals surface area contributed by atoms with Crippen LogP contribution in [0.1, 0.15) is 47.5 Å². The normalized spacial score (nSPS) is 10.9. The van der Waals surface area contributed by atoms with E-state index in [2.05, 4.69) is 20.2 Å². The number of nitrogens with two attached hydrogens (primary N) is 1. The highest BCUT2D eigenvalue weighted by atomic mass is 16.2. The summed E-state index contributed by atoms with van der Waals surface area (Å²) in [5.41, 5.74) is 7.11. The summed E-state index contributed by atoms with van der Waals surface area (Å²) in [5, 5.41) is 6.78. The lowest BCUT2D eigenvalue weighted by Crippen LogP contribution is -2.27. The fourth-order valence-electron chi connectivity index (χ4n) is 1.96. The van der Waals surface area contributed by atoms with Gasteiger partial charge in [-0.25, -0.2) is 9.97 Å². The average Bonchev–Trinajstić information content (AvgIpc) is 2.82. The van der Waals surface area contributed by atoms with Crippen LogP contribution in [-0.4, -0.2) is 38.0 Å². The molecule has 0 atom stereocenters. The number of amides is 1. The van der Waals surface area contributed by atoms with Gasteiger partial charge in [0.05, 0.1) is 6.54 Å². The smallest absolute Gasteiger partial charge is 0.254 e. The number of aromatic amines is 1. The number of aryl methyl sites for hydroxylation is 1. The van der Waals surface area contributed by atoms with Gasteiger partial charge in [-0.1, -0.05) is 13.8 Å². The second-order valence-electron chi connectivity index (χ2n) is 5.36. The van der Waals surface area contributed by atoms with E-state index in [0.29, 0.717) is 23.8 Å². The first-order valence-corrected chi connectivity index (χ1v) is 6.77. The van der Waals surface area contributed by atoms with E-state index in [4.69, 9.17) is 5.73 Å². The lowest BCUT2D eigenvalue weighted by molar-refractivity contribution is 0.0781. The number of H-pyrrole nitrogens is 1. The Morgan fingerprint density at radius 3 is 2.67 bits per heavy atom. The number of rotatable bonds is 4. The molecule has 1 amide bonds. The van der Waals surface area contributed by atoms with Crippen LogP contribution < -0.4 is 5.73 Å². The van der Waals surface area contributed by atoms with Crippen LogP contribution in [0.2, 0.25) is 0 Å². The number of hydrogen-bond donors (Lipinski definition) is 2. The van der Waals surface area contributed by atoms with Gasteiger partial charge in [0.25, 0.3) is 5.91 Å². The lowest BCUT2D eigenvalue weighted by atomic mass is 10.1. The molecule has 7 heteroatoms. The lowest BCUT2D eigenvalue weighted by Gasteiger charge is -2.16. The zero-order chi connectivity index (χ0) is 15.6. The van der Waals surface area contributed by atoms with Gasteiger partial charge in [0.2, 0.25) is 0 Å². The Morgan fingerprint density at radius 1 is 1.38 bits per heavy atom. The highest BCUT2D eigenvalue weighted by Crippen LogP contribution is 2.17. The van der Waals surface area contributed by atoms with Gasteiger partial charge in [0, 0.05) is 18.3 Å². The van der Waals surface area contributed by atoms with Gasteiger partial charge in [-0.05, 0) is 25.0 Å². The number of nitrogens with zero attached hydrogens (tertiary/aromatic N) is 4. The van der Waals surface area contributed by atoms with Gasteiger partial charge in [0.1, 0.15) is 11.6 Å². The van der Waals surface area contributed by atoms with Crippen LogP contribution in [0.5, 0.6) is 0 Å². The fourth-order valence-corrected chi connectivity index (χ4v) is 1.96. The summed E-state index contributed by atoms with van der Waals surface area (Å²) in [7, 11) is 1.71. The largest absolute Gasteiger partial charge is 0.384 e. The number of pyridine rings is 1. The maximum absolute atomic E-state index is 12.5. The van der Waals surface area contributed by atoms with Crippen molar-refractivity contribution in [3.8, 4) is 0 Å². The van der Waals surface area contributed by atoms with Crippen molar-refractivity contribution in [3.05, 3.63) is 35.0 Å². The van der Waals surface area contributed by atoms with Crippen LogP contribution in [-0.2, 0) is 6.54 Å². The Balaban J connectivity index is 2.19. The molecule has 0 fully saturated rings. The molecular formula is C14H20N6O. The first kappa shape index (κ1) is 15.0. The molecule has 2 aromatic rings. The number of carbonyl (C=O) groups is 1. The molecule has 0 unspecified atom stereocenters. The van der Waals surface area contributed by atoms with Crippen molar-refractivity contribution in [2.24, 2.45) is 0 Å². The van der Waals surface area contributed by atoms with Crippen molar-refractivity contribution < 1.29 is 4.79 Å². The van der Waals surface area contributed by atoms with Crippen molar-refractivity contribution in [3.63, 3.8) is 0 Å². The van der Waals surface area contributed by atoms with Crippen molar-refractivity contribution in [2.75, 3.05) is 12.8 Å². The summed E-state index contributed by atoms with van der Waals surface area (Å²) < 4.78 is 0. The highest BCUT2D eigenvalue weighted by Gasteiger charge is 2.16. The minimum Gasteiger partial charge on any atom is -0.384 e. The maximum Gasteiger partial charge on any atom is 0.254 e. The third-order valence-corrected chi connectivity index (χ3v) is 3.07. The summed E-state index contributed by atoms with van der Waals surface area (Å²) in [6.45, 7) is 6.17. The molecule has 0 aliphatic rings. The van der Waals surface area contributed by atoms with Crippen molar-refractivity contribution in [2.45, 2.75) is 33.2 Å². The van der Waals surface area contributed by atoms with Gasteiger partial charge in [-0.2, -0.15) is 5.10 Å². The summed E-state index contributed by atoms with van der Waals surface area (Å²) in [5.74, 6) is 1.73. The third kappa shape index (κ3) is 3.56. The molecule has 21 heavy (non-hydrogen) atoms. The first-order valence-electron chi connectivity index (χ1n) is 6.77. The van der Waals surface area contributed by atoms with Crippen LogP contribution in [0, 0.1) is 6.92 Å². The Labute approximate surface area is 123 Å². The number of hydrogen-bond acceptors (Lipinski definition) is 5. The fraction of sp³-hybridized carbons (Fsp3) is 0.429. The summed E-state index contributed by atoms with van der Waals surface area (Å²) in [6, 6.07) is 3.37. The van der Waals surface area contributed by atoms with E-state index in [1.54, 1.807) is 24.1 Å². The van der Waals surface area contributed by atoms with Gasteiger partial charge in [0.15, 0.2) is 5.82 Å². The predicted octanol–water partition coefficient (Wildman–Crippen LogP) is 1.49. The van der Waals surface area contributed by atoms with E-state index < -0.39 is 0 Å². The summed E-state index contributed by atoms with van der Waals surface area (Å²) in [6.07, 6.45) is 0. The van der Waals surface area contributed by atoms with E-state index in [-0.39, 0.29) is 11.8 Å². The molecule has 0 aromatic carbocycles. The number of nitrogens with one attached hydrogen (secondary N) is 1. The second kappa shape index (κ2) is 5.90. The van der Waals surface area contributed by atoms with Crippen LogP contribution >= 0.6 is 0 Å². The van der Waals surface area contributed by atoms with E-state index in [1.807, 2.05) is 20.8 Å². The zero-order valence-electron chi connectivity index (χ0n) is 12.7. The summed E-state index contributed by atoms with van der Waals surface area (Å²) >= 11 is 0. The molecule has 2 rings (SSSR count). The van der Waals surface area contributed by atoms with Gasteiger partial charge >= 0.3 is 0 Å². The van der Waals surface area contributed by atoms with E-state index in [1.165, 1.54) is 0 Å². The van der Waals surface area contributed by atoms with Crippen LogP contribution in [0.4, 0.5) is 5.82 Å². The molecule has 0 bridgehead atoms. The Morgan fingerprint density at radius 2 is 2.10 bits per heavy atom. The molecule has 7 nitrogen and oxygen atoms in total. The van der Waals surface area contributed by atoms with Gasteiger partial charge in [-0.3, -0.25) is 9.89 Å². The Bertz CT molecular complexity index is 649. The van der Waals surface area contributed by atoms with E-state index in [9.17, 15) is 4.79 Å². The highest BCUT2D eigenvalue weighted by molar-refractivity contribution is 5.94. The molecule has 0 saturated carbocycles. The monoisotopic (exact) mass is 288 g/mol. The number of anilines is 1. The Kier molecular flexibility index (Phi) is 4.21. The molecule has 0 saturated heterocycles. The van der Waals surface area contributed by atoms with E-state index >= 15 is 0 Å². The quantitative estimate of drug-likeness (QED) is 0.887. The predicted molar refractivity (Wildman–Crippen MR) is 79.7 cm³/mol. The molecule has 112 valence electrons. The molecule has 2 aromatic heterocycles. The minimum atomic E-state index is -0.131. The molecule has 0 aliphatic heterocycles. The molecule has 0 radical (unpaired) electrons. The zero-order valence-corrected chi connectivity index (χ0v) is 12.7. The number of nitrogen functional groups attached to an aromatic ring is 1. The van der Waals surface area contributed by atoms with Gasteiger partial charge in [-0.15, -0.1) is 0 Å². The average molecular weight is 288 g/mol. The van der Waals surface area contributed by atoms with Crippen LogP contribution in [0.25, 0.3) is 0 Å². The Hall–Kier alpha value is -2.44. The SMILES string of the molecule is Cc1nc(CN(C)C(=O)c2cc(N)nc(C(C)C)c2)n[nH]1. The standard InChI is InChI=1S/C14H20N6O/c1-8(2)11-5-10(6-12(15)17-11)14(21)20(4)7-13-16-9(3)18-19-13/h5-6,8H,7H2,1-4H3,(H2,15,17)(H,16,18,19). The molecule has 3 N–H and O–H groups in total. The third-order valence-electron chi connectivity index (χ3n) is 3.07. The van der Waals surface area contributed by atoms with Crippen LogP contribution in [0.15, 0.2) is 12.1 Å². The number of carbonyl (C=O) groups excluding carboxylic acids is 1. The maximum atomic E-state index is 12.5. The van der Waals surface area contributed by atoms with Crippen molar-refractivity contribution in [1.82, 2.24) is 25.1 Å². The molecule has 2 heterocycles. The van der Waals surface area contributed by atoms with Crippen LogP contribution in [0.3, 0.4) is 0 Å². The number of aromatic nitrogens is 4. The van der Waals surface area contributed by atoms with Gasteiger partial charge < -0.3 is 10.6 Å². The van der Waals surface area contributed by atoms with Crippen molar-refractivity contribution >= 4 is 11.7 Å².